The lowest BCUT2D eigenvalue weighted by Crippen LogP contribution is -2.10. The first-order chi connectivity index (χ1) is 22.2. The summed E-state index contributed by atoms with van der Waals surface area (Å²) in [5, 5.41) is 0. The van der Waals surface area contributed by atoms with Crippen LogP contribution in [0.5, 0.6) is 0 Å². The Bertz CT molecular complexity index is 840. The Morgan fingerprint density at radius 2 is 0.848 bits per heavy atom. The molecule has 0 aliphatic rings. The molecule has 0 fully saturated rings. The fourth-order valence-electron chi connectivity index (χ4n) is 1.99. The maximum atomic E-state index is 10.8. The molecule has 0 heterocycles. The van der Waals surface area contributed by atoms with Gasteiger partial charge in [-0.15, -0.1) is 0 Å². The molecule has 9 heteroatoms. The lowest BCUT2D eigenvalue weighted by atomic mass is 10.2. The molecule has 0 bridgehead atoms. The second kappa shape index (κ2) is 53.5. The minimum absolute atomic E-state index is 0.0845. The van der Waals surface area contributed by atoms with E-state index in [0.29, 0.717) is 24.0 Å². The average molecular weight is 655 g/mol. The SMILES string of the molecule is CC.CC.CC.CC.CC.CCC(=O)OC.CCCC(=O)OCC(C)=O.COC(=O)c1ccccc1.COC(=O)c1ccccc1. The van der Waals surface area contributed by atoms with E-state index in [4.69, 9.17) is 0 Å². The zero-order valence-electron chi connectivity index (χ0n) is 31.8. The molecule has 0 amide bonds. The molecule has 0 aliphatic heterocycles. The van der Waals surface area contributed by atoms with E-state index in [2.05, 4.69) is 18.9 Å². The minimum atomic E-state index is -0.294. The fourth-order valence-corrected chi connectivity index (χ4v) is 1.99. The molecule has 268 valence electrons. The van der Waals surface area contributed by atoms with E-state index in [0.717, 1.165) is 6.42 Å². The number of rotatable bonds is 7. The summed E-state index contributed by atoms with van der Waals surface area (Å²) in [4.78, 5) is 52.4. The molecule has 0 spiro atoms. The van der Waals surface area contributed by atoms with Crippen LogP contribution in [0.2, 0.25) is 0 Å². The van der Waals surface area contributed by atoms with Crippen molar-refractivity contribution in [2.75, 3.05) is 27.9 Å². The first-order valence-corrected chi connectivity index (χ1v) is 16.1. The van der Waals surface area contributed by atoms with Crippen molar-refractivity contribution in [1.29, 1.82) is 0 Å². The van der Waals surface area contributed by atoms with Gasteiger partial charge >= 0.3 is 23.9 Å². The largest absolute Gasteiger partial charge is 0.469 e. The highest BCUT2D eigenvalue weighted by molar-refractivity contribution is 5.89. The maximum absolute atomic E-state index is 10.8. The van der Waals surface area contributed by atoms with Gasteiger partial charge in [0.15, 0.2) is 5.78 Å². The van der Waals surface area contributed by atoms with Crippen LogP contribution in [0.4, 0.5) is 0 Å². The van der Waals surface area contributed by atoms with E-state index in [-0.39, 0.29) is 36.3 Å². The van der Waals surface area contributed by atoms with Gasteiger partial charge in [0, 0.05) is 12.8 Å². The monoisotopic (exact) mass is 654 g/mol. The van der Waals surface area contributed by atoms with Crippen molar-refractivity contribution in [2.24, 2.45) is 0 Å². The number of carbonyl (C=O) groups excluding carboxylic acids is 5. The molecule has 2 rings (SSSR count). The molecule has 0 saturated carbocycles. The number of hydrogen-bond donors (Lipinski definition) is 0. The highest BCUT2D eigenvalue weighted by Crippen LogP contribution is 1.99. The molecule has 0 radical (unpaired) electrons. The van der Waals surface area contributed by atoms with E-state index in [1.54, 1.807) is 55.5 Å². The lowest BCUT2D eigenvalue weighted by molar-refractivity contribution is -0.147. The van der Waals surface area contributed by atoms with Gasteiger partial charge in [0.05, 0.1) is 32.5 Å². The van der Waals surface area contributed by atoms with Crippen LogP contribution >= 0.6 is 0 Å². The summed E-state index contributed by atoms with van der Waals surface area (Å²) in [5.74, 6) is -1.15. The van der Waals surface area contributed by atoms with Crippen molar-refractivity contribution in [3.63, 3.8) is 0 Å². The van der Waals surface area contributed by atoms with Gasteiger partial charge in [0.2, 0.25) is 0 Å². The van der Waals surface area contributed by atoms with Gasteiger partial charge in [0.1, 0.15) is 6.61 Å². The fraction of sp³-hybridized carbons (Fsp3) is 0.541. The van der Waals surface area contributed by atoms with E-state index < -0.39 is 0 Å². The van der Waals surface area contributed by atoms with Crippen LogP contribution in [-0.2, 0) is 33.3 Å². The van der Waals surface area contributed by atoms with Gasteiger partial charge in [0.25, 0.3) is 0 Å². The Kier molecular flexibility index (Phi) is 67.1. The number of benzene rings is 2. The third-order valence-corrected chi connectivity index (χ3v) is 3.80. The predicted octanol–water partition coefficient (Wildman–Crippen LogP) is 9.57. The van der Waals surface area contributed by atoms with E-state index in [1.165, 1.54) is 28.3 Å². The maximum Gasteiger partial charge on any atom is 0.337 e. The molecule has 0 aliphatic carbocycles. The standard InChI is InChI=1S/2C8H8O2.C7H12O3.C4H8O2.5C2H6/c2*1-10-8(9)7-5-3-2-4-6-7;1-3-4-7(9)10-5-6(2)8;1-3-4(5)6-2;5*1-2/h2*2-6H,1H3;3-5H2,1-2H3;3H2,1-2H3;5*1-2H3. The quantitative estimate of drug-likeness (QED) is 0.212. The Hall–Kier alpha value is -4.01. The molecule has 46 heavy (non-hydrogen) atoms. The van der Waals surface area contributed by atoms with Crippen molar-refractivity contribution < 1.29 is 42.9 Å². The number of Topliss-reactive ketones (excluding diaryl/α,β-unsaturated/α-hetero) is 1. The summed E-state index contributed by atoms with van der Waals surface area (Å²) in [6, 6.07) is 17.8. The number of carbonyl (C=O) groups is 5. The smallest absolute Gasteiger partial charge is 0.337 e. The molecule has 2 aromatic rings. The summed E-state index contributed by atoms with van der Waals surface area (Å²) >= 11 is 0. The predicted molar refractivity (Wildman–Crippen MR) is 191 cm³/mol. The Balaban J connectivity index is -0.0000000814. The second-order valence-electron chi connectivity index (χ2n) is 6.76. The van der Waals surface area contributed by atoms with Crippen LogP contribution in [0.1, 0.15) is 130 Å². The number of ketones is 1. The first kappa shape index (κ1) is 57.6. The molecule has 0 unspecified atom stereocenters. The van der Waals surface area contributed by atoms with Crippen LogP contribution in [0.25, 0.3) is 0 Å². The molecular formula is C37H66O9. The van der Waals surface area contributed by atoms with E-state index in [1.807, 2.05) is 88.3 Å². The molecule has 0 aromatic heterocycles. The summed E-state index contributed by atoms with van der Waals surface area (Å²) in [7, 11) is 4.12. The normalized spacial score (nSPS) is 7.48. The summed E-state index contributed by atoms with van der Waals surface area (Å²) in [6.07, 6.45) is 1.63. The van der Waals surface area contributed by atoms with Crippen molar-refractivity contribution in [1.82, 2.24) is 0 Å². The minimum Gasteiger partial charge on any atom is -0.469 e. The van der Waals surface area contributed by atoms with Crippen LogP contribution in [0.15, 0.2) is 60.7 Å². The molecule has 9 nitrogen and oxygen atoms in total. The molecule has 0 N–H and O–H groups in total. The number of methoxy groups -OCH3 is 3. The summed E-state index contributed by atoms with van der Waals surface area (Å²) in [5.41, 5.74) is 1.18. The Labute approximate surface area is 281 Å². The van der Waals surface area contributed by atoms with Crippen molar-refractivity contribution in [3.8, 4) is 0 Å². The second-order valence-corrected chi connectivity index (χ2v) is 6.76. The van der Waals surface area contributed by atoms with Crippen molar-refractivity contribution >= 4 is 29.7 Å². The number of ether oxygens (including phenoxy) is 4. The topological polar surface area (TPSA) is 122 Å². The van der Waals surface area contributed by atoms with Gasteiger partial charge in [-0.1, -0.05) is 119 Å². The van der Waals surface area contributed by atoms with Crippen molar-refractivity contribution in [3.05, 3.63) is 71.8 Å². The summed E-state index contributed by atoms with van der Waals surface area (Å²) < 4.78 is 17.8. The lowest BCUT2D eigenvalue weighted by Gasteiger charge is -1.98. The third-order valence-electron chi connectivity index (χ3n) is 3.80. The van der Waals surface area contributed by atoms with Gasteiger partial charge in [-0.25, -0.2) is 9.59 Å². The van der Waals surface area contributed by atoms with Gasteiger partial charge in [-0.3, -0.25) is 14.4 Å². The van der Waals surface area contributed by atoms with E-state index in [9.17, 15) is 24.0 Å². The zero-order valence-corrected chi connectivity index (χ0v) is 31.8. The Morgan fingerprint density at radius 3 is 1.04 bits per heavy atom. The van der Waals surface area contributed by atoms with Gasteiger partial charge in [-0.2, -0.15) is 0 Å². The van der Waals surface area contributed by atoms with Gasteiger partial charge < -0.3 is 18.9 Å². The molecule has 0 atom stereocenters. The molecule has 0 saturated heterocycles. The van der Waals surface area contributed by atoms with Crippen LogP contribution in [-0.4, -0.2) is 57.6 Å². The highest BCUT2D eigenvalue weighted by atomic mass is 16.5. The number of esters is 4. The zero-order chi connectivity index (χ0) is 37.8. The van der Waals surface area contributed by atoms with Crippen LogP contribution < -0.4 is 0 Å². The summed E-state index contributed by atoms with van der Waals surface area (Å²) in [6.45, 7) is 24.9. The van der Waals surface area contributed by atoms with Crippen LogP contribution in [0.3, 0.4) is 0 Å². The molecular weight excluding hydrogens is 588 g/mol. The first-order valence-electron chi connectivity index (χ1n) is 16.1. The average Bonchev–Trinajstić information content (AvgIpc) is 3.15. The Morgan fingerprint density at radius 1 is 0.522 bits per heavy atom. The third kappa shape index (κ3) is 46.9. The molecule has 2 aromatic carbocycles. The highest BCUT2D eigenvalue weighted by Gasteiger charge is 2.02. The van der Waals surface area contributed by atoms with Crippen molar-refractivity contribution in [2.45, 2.75) is 109 Å². The van der Waals surface area contributed by atoms with E-state index >= 15 is 0 Å². The van der Waals surface area contributed by atoms with Gasteiger partial charge in [-0.05, 0) is 37.6 Å². The number of hydrogen-bond acceptors (Lipinski definition) is 9. The van der Waals surface area contributed by atoms with Crippen LogP contribution in [0, 0.1) is 0 Å².